The number of nitrogens with two attached hydrogens (primary N) is 1. The third-order valence-corrected chi connectivity index (χ3v) is 2.11. The molecular formula is C9H9N3. The van der Waals surface area contributed by atoms with Crippen molar-refractivity contribution in [1.29, 1.82) is 5.26 Å². The Morgan fingerprint density at radius 1 is 1.58 bits per heavy atom. The van der Waals surface area contributed by atoms with Crippen molar-refractivity contribution in [2.45, 2.75) is 18.8 Å². The number of nitrogen functional groups attached to an aromatic ring is 1. The molecule has 12 heavy (non-hydrogen) atoms. The number of aromatic nitrogens is 1. The van der Waals surface area contributed by atoms with Crippen LogP contribution in [0.15, 0.2) is 12.3 Å². The maximum Gasteiger partial charge on any atom is 0.141 e. The van der Waals surface area contributed by atoms with Crippen molar-refractivity contribution >= 4 is 5.82 Å². The average molecular weight is 159 g/mol. The molecule has 2 N–H and O–H groups in total. The van der Waals surface area contributed by atoms with Gasteiger partial charge in [0.15, 0.2) is 0 Å². The van der Waals surface area contributed by atoms with Crippen molar-refractivity contribution in [2.24, 2.45) is 0 Å². The molecule has 1 aliphatic rings. The molecule has 1 saturated carbocycles. The predicted octanol–water partition coefficient (Wildman–Crippen LogP) is 1.41. The van der Waals surface area contributed by atoms with Gasteiger partial charge in [0.25, 0.3) is 0 Å². The second-order valence-corrected chi connectivity index (χ2v) is 3.09. The molecule has 1 aromatic rings. The molecule has 0 amide bonds. The van der Waals surface area contributed by atoms with Crippen LogP contribution in [0.4, 0.5) is 5.82 Å². The molecule has 0 aliphatic heterocycles. The van der Waals surface area contributed by atoms with E-state index in [9.17, 15) is 0 Å². The number of nitrogens with zero attached hydrogens (tertiary/aromatic N) is 2. The molecule has 0 spiro atoms. The summed E-state index contributed by atoms with van der Waals surface area (Å²) in [6.45, 7) is 0. The van der Waals surface area contributed by atoms with Crippen LogP contribution in [0.1, 0.15) is 29.9 Å². The summed E-state index contributed by atoms with van der Waals surface area (Å²) in [4.78, 5) is 3.97. The van der Waals surface area contributed by atoms with Gasteiger partial charge < -0.3 is 5.73 Å². The summed E-state index contributed by atoms with van der Waals surface area (Å²) >= 11 is 0. The van der Waals surface area contributed by atoms with Crippen LogP contribution < -0.4 is 5.73 Å². The maximum atomic E-state index is 8.68. The summed E-state index contributed by atoms with van der Waals surface area (Å²) in [5.74, 6) is 0.965. The molecule has 3 heteroatoms. The molecule has 1 aliphatic carbocycles. The maximum absolute atomic E-state index is 8.68. The van der Waals surface area contributed by atoms with Crippen molar-refractivity contribution in [3.05, 3.63) is 23.4 Å². The standard InChI is InChI=1S/C9H9N3/c10-4-7-3-8(6-1-2-6)5-12-9(7)11/h3,5-6H,1-2H2,(H2,11,12). The molecule has 2 rings (SSSR count). The van der Waals surface area contributed by atoms with E-state index in [0.29, 0.717) is 17.3 Å². The normalized spacial score (nSPS) is 15.6. The molecule has 1 heterocycles. The van der Waals surface area contributed by atoms with Gasteiger partial charge in [-0.1, -0.05) is 0 Å². The zero-order chi connectivity index (χ0) is 8.55. The van der Waals surface area contributed by atoms with Crippen LogP contribution in [0.2, 0.25) is 0 Å². The zero-order valence-corrected chi connectivity index (χ0v) is 6.62. The first kappa shape index (κ1) is 7.11. The first-order valence-corrected chi connectivity index (χ1v) is 3.97. The first-order chi connectivity index (χ1) is 5.81. The molecule has 0 aromatic carbocycles. The Hall–Kier alpha value is -1.56. The van der Waals surface area contributed by atoms with Gasteiger partial charge in [0.2, 0.25) is 0 Å². The Labute approximate surface area is 70.8 Å². The monoisotopic (exact) mass is 159 g/mol. The zero-order valence-electron chi connectivity index (χ0n) is 6.62. The van der Waals surface area contributed by atoms with E-state index in [1.807, 2.05) is 12.1 Å². The Morgan fingerprint density at radius 3 is 2.92 bits per heavy atom. The van der Waals surface area contributed by atoms with Crippen LogP contribution in [0, 0.1) is 11.3 Å². The SMILES string of the molecule is N#Cc1cc(C2CC2)cnc1N. The molecule has 0 radical (unpaired) electrons. The lowest BCUT2D eigenvalue weighted by molar-refractivity contribution is 1.09. The van der Waals surface area contributed by atoms with Crippen molar-refractivity contribution in [3.63, 3.8) is 0 Å². The number of nitriles is 1. The lowest BCUT2D eigenvalue weighted by Crippen LogP contribution is -1.95. The Morgan fingerprint density at radius 2 is 2.33 bits per heavy atom. The minimum atomic E-state index is 0.335. The molecule has 0 bridgehead atoms. The molecule has 3 nitrogen and oxygen atoms in total. The second-order valence-electron chi connectivity index (χ2n) is 3.09. The molecule has 0 atom stereocenters. The Balaban J connectivity index is 2.42. The largest absolute Gasteiger partial charge is 0.383 e. The summed E-state index contributed by atoms with van der Waals surface area (Å²) < 4.78 is 0. The van der Waals surface area contributed by atoms with Gasteiger partial charge in [-0.05, 0) is 30.4 Å². The summed E-state index contributed by atoms with van der Waals surface area (Å²) in [6.07, 6.45) is 4.21. The van der Waals surface area contributed by atoms with Crippen LogP contribution in [-0.4, -0.2) is 4.98 Å². The predicted molar refractivity (Wildman–Crippen MR) is 45.3 cm³/mol. The summed E-state index contributed by atoms with van der Waals surface area (Å²) in [7, 11) is 0. The van der Waals surface area contributed by atoms with Crippen LogP contribution in [0.5, 0.6) is 0 Å². The van der Waals surface area contributed by atoms with E-state index in [0.717, 1.165) is 5.56 Å². The lowest BCUT2D eigenvalue weighted by Gasteiger charge is -1.99. The molecule has 0 saturated heterocycles. The van der Waals surface area contributed by atoms with Crippen molar-refractivity contribution in [1.82, 2.24) is 4.98 Å². The van der Waals surface area contributed by atoms with E-state index in [1.165, 1.54) is 12.8 Å². The Bertz CT molecular complexity index is 347. The highest BCUT2D eigenvalue weighted by atomic mass is 14.8. The van der Waals surface area contributed by atoms with Gasteiger partial charge in [-0.25, -0.2) is 4.98 Å². The van der Waals surface area contributed by atoms with Crippen molar-refractivity contribution < 1.29 is 0 Å². The molecule has 1 aromatic heterocycles. The van der Waals surface area contributed by atoms with Gasteiger partial charge in [-0.15, -0.1) is 0 Å². The first-order valence-electron chi connectivity index (χ1n) is 3.97. The van der Waals surface area contributed by atoms with Gasteiger partial charge in [0.1, 0.15) is 11.9 Å². The van der Waals surface area contributed by atoms with Gasteiger partial charge in [-0.3, -0.25) is 0 Å². The molecular weight excluding hydrogens is 150 g/mol. The number of pyridine rings is 1. The number of hydrogen-bond donors (Lipinski definition) is 1. The minimum absolute atomic E-state index is 0.335. The highest BCUT2D eigenvalue weighted by molar-refractivity contribution is 5.50. The van der Waals surface area contributed by atoms with Crippen molar-refractivity contribution in [2.75, 3.05) is 5.73 Å². The molecule has 0 unspecified atom stereocenters. The summed E-state index contributed by atoms with van der Waals surface area (Å²) in [6, 6.07) is 3.88. The number of hydrogen-bond acceptors (Lipinski definition) is 3. The number of anilines is 1. The molecule has 60 valence electrons. The van der Waals surface area contributed by atoms with Crippen LogP contribution in [0.25, 0.3) is 0 Å². The highest BCUT2D eigenvalue weighted by Crippen LogP contribution is 2.40. The van der Waals surface area contributed by atoms with E-state index < -0.39 is 0 Å². The minimum Gasteiger partial charge on any atom is -0.383 e. The van der Waals surface area contributed by atoms with E-state index in [2.05, 4.69) is 4.98 Å². The topological polar surface area (TPSA) is 62.7 Å². The van der Waals surface area contributed by atoms with Gasteiger partial charge >= 0.3 is 0 Å². The van der Waals surface area contributed by atoms with Crippen LogP contribution >= 0.6 is 0 Å². The molecule has 1 fully saturated rings. The van der Waals surface area contributed by atoms with E-state index in [4.69, 9.17) is 11.0 Å². The van der Waals surface area contributed by atoms with E-state index >= 15 is 0 Å². The highest BCUT2D eigenvalue weighted by Gasteiger charge is 2.24. The smallest absolute Gasteiger partial charge is 0.141 e. The number of rotatable bonds is 1. The fourth-order valence-corrected chi connectivity index (χ4v) is 1.22. The Kier molecular flexibility index (Phi) is 1.47. The van der Waals surface area contributed by atoms with Gasteiger partial charge in [0, 0.05) is 6.20 Å². The van der Waals surface area contributed by atoms with Crippen molar-refractivity contribution in [3.8, 4) is 6.07 Å². The third kappa shape index (κ3) is 1.12. The van der Waals surface area contributed by atoms with Gasteiger partial charge in [-0.2, -0.15) is 5.26 Å². The van der Waals surface area contributed by atoms with Crippen LogP contribution in [-0.2, 0) is 0 Å². The second kappa shape index (κ2) is 2.49. The summed E-state index contributed by atoms with van der Waals surface area (Å²) in [5.41, 5.74) is 7.14. The van der Waals surface area contributed by atoms with E-state index in [-0.39, 0.29) is 0 Å². The van der Waals surface area contributed by atoms with E-state index in [1.54, 1.807) is 6.20 Å². The fraction of sp³-hybridized carbons (Fsp3) is 0.333. The lowest BCUT2D eigenvalue weighted by atomic mass is 10.1. The fourth-order valence-electron chi connectivity index (χ4n) is 1.22. The third-order valence-electron chi connectivity index (χ3n) is 2.11. The average Bonchev–Trinajstić information content (AvgIpc) is 2.88. The quantitative estimate of drug-likeness (QED) is 0.673. The summed E-state index contributed by atoms with van der Waals surface area (Å²) in [5, 5.41) is 8.68. The van der Waals surface area contributed by atoms with Crippen LogP contribution in [0.3, 0.4) is 0 Å². The van der Waals surface area contributed by atoms with Gasteiger partial charge in [0.05, 0.1) is 5.56 Å².